The zero-order chi connectivity index (χ0) is 36.7. The summed E-state index contributed by atoms with van der Waals surface area (Å²) < 4.78 is 13.2. The van der Waals surface area contributed by atoms with Crippen LogP contribution in [0, 0.1) is 0 Å². The highest BCUT2D eigenvalue weighted by molar-refractivity contribution is 6.12. The molecule has 0 saturated heterocycles. The molecule has 0 N–H and O–H groups in total. The van der Waals surface area contributed by atoms with Gasteiger partial charge in [-0.1, -0.05) is 127 Å². The molecule has 11 aromatic rings. The second-order valence-corrected chi connectivity index (χ2v) is 14.5. The minimum atomic E-state index is 0.819. The molecule has 56 heavy (non-hydrogen) atoms. The molecule has 0 radical (unpaired) electrons. The van der Waals surface area contributed by atoms with E-state index in [1.807, 2.05) is 24.5 Å². The molecule has 0 saturated carbocycles. The summed E-state index contributed by atoms with van der Waals surface area (Å²) in [4.78, 5) is 8.84. The number of para-hydroxylation sites is 2. The molecule has 0 bridgehead atoms. The first-order valence-electron chi connectivity index (χ1n) is 18.9. The molecular formula is C52H30N2O2. The van der Waals surface area contributed by atoms with Crippen LogP contribution in [0.25, 0.3) is 122 Å². The van der Waals surface area contributed by atoms with Gasteiger partial charge in [-0.25, -0.2) is 0 Å². The summed E-state index contributed by atoms with van der Waals surface area (Å²) in [7, 11) is 0. The van der Waals surface area contributed by atoms with E-state index in [1.165, 1.54) is 44.5 Å². The standard InChI is InChI=1S/C52H30N2O2/c1-2-11-38-37(10-1)39-12-3-4-13-41(39)43-19-7-16-34(50(43)42-15-6-5-14-40(38)42)31-26-32(35-17-8-20-44-46-29-53-24-22-48(46)55-51(35)44)28-33(27-31)36-18-9-21-45-47-30-54-25-23-49(47)56-52(36)45/h1-30H. The Bertz CT molecular complexity index is 3250. The van der Waals surface area contributed by atoms with Crippen LogP contribution in [0.3, 0.4) is 0 Å². The molecule has 260 valence electrons. The van der Waals surface area contributed by atoms with Crippen molar-refractivity contribution in [3.8, 4) is 77.9 Å². The zero-order valence-electron chi connectivity index (χ0n) is 30.0. The predicted molar refractivity (Wildman–Crippen MR) is 228 cm³/mol. The number of hydrogen-bond acceptors (Lipinski definition) is 4. The molecule has 0 atom stereocenters. The second kappa shape index (κ2) is 12.0. The monoisotopic (exact) mass is 714 g/mol. The van der Waals surface area contributed by atoms with Crippen molar-refractivity contribution >= 4 is 43.9 Å². The van der Waals surface area contributed by atoms with E-state index in [-0.39, 0.29) is 0 Å². The Balaban J connectivity index is 1.19. The fourth-order valence-electron chi connectivity index (χ4n) is 8.98. The van der Waals surface area contributed by atoms with Gasteiger partial charge in [-0.3, -0.25) is 9.97 Å². The fourth-order valence-corrected chi connectivity index (χ4v) is 8.98. The lowest BCUT2D eigenvalue weighted by molar-refractivity contribution is 0.669. The first-order chi connectivity index (χ1) is 27.8. The lowest BCUT2D eigenvalue weighted by Gasteiger charge is -2.25. The van der Waals surface area contributed by atoms with E-state index in [2.05, 4.69) is 156 Å². The van der Waals surface area contributed by atoms with Gasteiger partial charge in [-0.2, -0.15) is 0 Å². The van der Waals surface area contributed by atoms with E-state index in [0.717, 1.165) is 77.3 Å². The molecule has 0 spiro atoms. The van der Waals surface area contributed by atoms with Gasteiger partial charge < -0.3 is 8.83 Å². The maximum Gasteiger partial charge on any atom is 0.143 e. The largest absolute Gasteiger partial charge is 0.455 e. The molecule has 4 nitrogen and oxygen atoms in total. The molecule has 0 aliphatic heterocycles. The van der Waals surface area contributed by atoms with E-state index in [9.17, 15) is 0 Å². The Morgan fingerprint density at radius 2 is 0.679 bits per heavy atom. The van der Waals surface area contributed by atoms with E-state index in [4.69, 9.17) is 8.83 Å². The van der Waals surface area contributed by atoms with Gasteiger partial charge in [0.2, 0.25) is 0 Å². The average molecular weight is 715 g/mol. The summed E-state index contributed by atoms with van der Waals surface area (Å²) in [6, 6.07) is 56.8. The number of hydrogen-bond donors (Lipinski definition) is 0. The van der Waals surface area contributed by atoms with E-state index in [1.54, 1.807) is 12.4 Å². The summed E-state index contributed by atoms with van der Waals surface area (Å²) in [5.41, 5.74) is 19.4. The van der Waals surface area contributed by atoms with Crippen LogP contribution in [0.2, 0.25) is 0 Å². The van der Waals surface area contributed by atoms with Gasteiger partial charge >= 0.3 is 0 Å². The molecule has 4 heterocycles. The molecular weight excluding hydrogens is 685 g/mol. The number of nitrogens with zero attached hydrogens (tertiary/aromatic N) is 2. The predicted octanol–water partition coefficient (Wildman–Crippen LogP) is 14.3. The van der Waals surface area contributed by atoms with Crippen LogP contribution in [0.15, 0.2) is 191 Å². The maximum absolute atomic E-state index is 6.61. The van der Waals surface area contributed by atoms with Crippen molar-refractivity contribution in [1.82, 2.24) is 9.97 Å². The molecule has 1 aliphatic rings. The number of furan rings is 2. The Kier molecular flexibility index (Phi) is 6.60. The SMILES string of the molecule is c1ccc2c(c1)-c1ccccc1-c1cccc(-c3cc(-c4cccc5c4oc4ccncc45)cc(-c4cccc5c4oc4ccncc45)c3)c1-c1ccccc1-2. The van der Waals surface area contributed by atoms with Crippen LogP contribution < -0.4 is 0 Å². The molecule has 1 aliphatic carbocycles. The second-order valence-electron chi connectivity index (χ2n) is 14.5. The molecule has 0 unspecified atom stereocenters. The first kappa shape index (κ1) is 30.9. The third kappa shape index (κ3) is 4.53. The molecule has 0 amide bonds. The number of pyridine rings is 2. The van der Waals surface area contributed by atoms with Crippen LogP contribution in [-0.4, -0.2) is 9.97 Å². The van der Waals surface area contributed by atoms with Crippen molar-refractivity contribution in [3.63, 3.8) is 0 Å². The highest BCUT2D eigenvalue weighted by atomic mass is 16.3. The average Bonchev–Trinajstić information content (AvgIpc) is 3.84. The van der Waals surface area contributed by atoms with Crippen molar-refractivity contribution in [1.29, 1.82) is 0 Å². The number of benzene rings is 7. The van der Waals surface area contributed by atoms with Crippen molar-refractivity contribution in [2.45, 2.75) is 0 Å². The number of fused-ring (bicyclic) bond motifs is 14. The molecule has 7 aromatic carbocycles. The van der Waals surface area contributed by atoms with Crippen LogP contribution in [0.4, 0.5) is 0 Å². The first-order valence-corrected chi connectivity index (χ1v) is 18.9. The lowest BCUT2D eigenvalue weighted by atomic mass is 9.78. The van der Waals surface area contributed by atoms with Crippen LogP contribution >= 0.6 is 0 Å². The highest BCUT2D eigenvalue weighted by Crippen LogP contribution is 2.51. The molecule has 12 rings (SSSR count). The topological polar surface area (TPSA) is 52.1 Å². The third-order valence-corrected chi connectivity index (χ3v) is 11.4. The quantitative estimate of drug-likeness (QED) is 0.183. The fraction of sp³-hybridized carbons (Fsp3) is 0. The summed E-state index contributed by atoms with van der Waals surface area (Å²) in [5, 5.41) is 4.08. The molecule has 4 aromatic heterocycles. The Hall–Kier alpha value is -7.56. The minimum absolute atomic E-state index is 0.819. The number of rotatable bonds is 3. The Morgan fingerprint density at radius 3 is 1.20 bits per heavy atom. The minimum Gasteiger partial charge on any atom is -0.455 e. The van der Waals surface area contributed by atoms with E-state index >= 15 is 0 Å². The van der Waals surface area contributed by atoms with Gasteiger partial charge in [0.05, 0.1) is 0 Å². The maximum atomic E-state index is 6.61. The van der Waals surface area contributed by atoms with Crippen molar-refractivity contribution < 1.29 is 8.83 Å². The van der Waals surface area contributed by atoms with Crippen molar-refractivity contribution in [3.05, 3.63) is 183 Å². The van der Waals surface area contributed by atoms with E-state index < -0.39 is 0 Å². The highest BCUT2D eigenvalue weighted by Gasteiger charge is 2.25. The van der Waals surface area contributed by atoms with Crippen LogP contribution in [-0.2, 0) is 0 Å². The number of aromatic nitrogens is 2. The summed E-state index contributed by atoms with van der Waals surface area (Å²) in [6.07, 6.45) is 7.34. The third-order valence-electron chi connectivity index (χ3n) is 11.4. The summed E-state index contributed by atoms with van der Waals surface area (Å²) in [6.45, 7) is 0. The van der Waals surface area contributed by atoms with Gasteiger partial charge in [0, 0.05) is 57.5 Å². The lowest BCUT2D eigenvalue weighted by Crippen LogP contribution is -1.99. The summed E-state index contributed by atoms with van der Waals surface area (Å²) >= 11 is 0. The smallest absolute Gasteiger partial charge is 0.143 e. The Labute approximate surface area is 322 Å². The van der Waals surface area contributed by atoms with Gasteiger partial charge in [0.25, 0.3) is 0 Å². The molecule has 0 fully saturated rings. The van der Waals surface area contributed by atoms with Gasteiger partial charge in [0.1, 0.15) is 22.3 Å². The Morgan fingerprint density at radius 1 is 0.304 bits per heavy atom. The van der Waals surface area contributed by atoms with Crippen molar-refractivity contribution in [2.75, 3.05) is 0 Å². The normalized spacial score (nSPS) is 11.9. The summed E-state index contributed by atoms with van der Waals surface area (Å²) in [5.74, 6) is 0. The van der Waals surface area contributed by atoms with Crippen LogP contribution in [0.5, 0.6) is 0 Å². The van der Waals surface area contributed by atoms with Gasteiger partial charge in [0.15, 0.2) is 0 Å². The van der Waals surface area contributed by atoms with Crippen LogP contribution in [0.1, 0.15) is 0 Å². The molecule has 4 heteroatoms. The zero-order valence-corrected chi connectivity index (χ0v) is 30.0. The van der Waals surface area contributed by atoms with E-state index in [0.29, 0.717) is 0 Å². The van der Waals surface area contributed by atoms with Crippen molar-refractivity contribution in [2.24, 2.45) is 0 Å². The van der Waals surface area contributed by atoms with Gasteiger partial charge in [-0.15, -0.1) is 0 Å². The van der Waals surface area contributed by atoms with Gasteiger partial charge in [-0.05, 0) is 97.1 Å².